The topological polar surface area (TPSA) is 92.8 Å². The molecule has 1 unspecified atom stereocenters. The third-order valence-electron chi connectivity index (χ3n) is 7.44. The number of carbonyl (C=O) groups is 2. The number of ether oxygens (including phenoxy) is 2. The van der Waals surface area contributed by atoms with E-state index in [4.69, 9.17) is 9.47 Å². The number of pyridine rings is 1. The zero-order valence-corrected chi connectivity index (χ0v) is 20.4. The van der Waals surface area contributed by atoms with Crippen LogP contribution in [0, 0.1) is 5.92 Å². The van der Waals surface area contributed by atoms with Crippen LogP contribution in [0.2, 0.25) is 0 Å². The summed E-state index contributed by atoms with van der Waals surface area (Å²) in [6.45, 7) is 9.58. The number of nitrogens with zero attached hydrogens (tertiary/aromatic N) is 2. The number of hydrogen-bond acceptors (Lipinski definition) is 6. The number of rotatable bonds is 5. The fraction of sp³-hybridized carbons (Fsp3) is 0.577. The molecule has 2 aromatic rings. The fourth-order valence-electron chi connectivity index (χ4n) is 5.89. The van der Waals surface area contributed by atoms with Gasteiger partial charge in [0.2, 0.25) is 5.91 Å². The minimum atomic E-state index is -0.619. The third-order valence-corrected chi connectivity index (χ3v) is 7.44. The Morgan fingerprint density at radius 1 is 1.29 bits per heavy atom. The number of nitrogens with one attached hydrogen (secondary N) is 2. The van der Waals surface area contributed by atoms with Gasteiger partial charge < -0.3 is 20.1 Å². The molecule has 2 N–H and O–H groups in total. The van der Waals surface area contributed by atoms with Crippen LogP contribution in [0.15, 0.2) is 30.5 Å². The Morgan fingerprint density at radius 2 is 2.12 bits per heavy atom. The van der Waals surface area contributed by atoms with Crippen molar-refractivity contribution in [2.45, 2.75) is 70.3 Å². The summed E-state index contributed by atoms with van der Waals surface area (Å²) in [6, 6.07) is 8.15. The minimum Gasteiger partial charge on any atom is -0.444 e. The number of carbonyl (C=O) groups excluding carboxylic acids is 2. The van der Waals surface area contributed by atoms with Gasteiger partial charge in [0.05, 0.1) is 17.2 Å². The second kappa shape index (κ2) is 8.50. The van der Waals surface area contributed by atoms with Crippen molar-refractivity contribution >= 4 is 28.6 Å². The van der Waals surface area contributed by atoms with E-state index in [-0.39, 0.29) is 24.2 Å². The van der Waals surface area contributed by atoms with Gasteiger partial charge in [-0.25, -0.2) is 4.79 Å². The maximum atomic E-state index is 12.4. The maximum absolute atomic E-state index is 12.4. The summed E-state index contributed by atoms with van der Waals surface area (Å²) in [5.74, 6) is 0.321. The Balaban J connectivity index is 1.34. The molecule has 34 heavy (non-hydrogen) atoms. The van der Waals surface area contributed by atoms with Gasteiger partial charge in [0.1, 0.15) is 12.1 Å². The number of amides is 2. The highest BCUT2D eigenvalue weighted by Gasteiger charge is 2.58. The van der Waals surface area contributed by atoms with Crippen molar-refractivity contribution in [3.05, 3.63) is 36.0 Å². The average Bonchev–Trinajstić information content (AvgIpc) is 2.81. The zero-order chi connectivity index (χ0) is 24.1. The number of aromatic nitrogens is 1. The molecule has 5 saturated heterocycles. The van der Waals surface area contributed by atoms with Gasteiger partial charge in [-0.2, -0.15) is 0 Å². The molecule has 8 heteroatoms. The summed E-state index contributed by atoms with van der Waals surface area (Å²) in [6.07, 6.45) is 4.64. The fourth-order valence-corrected chi connectivity index (χ4v) is 5.89. The molecule has 5 fully saturated rings. The van der Waals surface area contributed by atoms with Crippen LogP contribution in [-0.4, -0.2) is 58.8 Å². The summed E-state index contributed by atoms with van der Waals surface area (Å²) >= 11 is 0. The first-order chi connectivity index (χ1) is 16.2. The SMILES string of the molecule is CC[C@]12CN3CC[C@H]1C[C@@H]3[C@H](c1ccnc3ccc(NC(=O)CNC(=O)OC(C)(C)C)cc13)O2. The van der Waals surface area contributed by atoms with E-state index in [0.717, 1.165) is 36.0 Å². The van der Waals surface area contributed by atoms with Crippen LogP contribution in [0.25, 0.3) is 10.9 Å². The molecule has 0 saturated carbocycles. The van der Waals surface area contributed by atoms with E-state index in [1.54, 1.807) is 20.8 Å². The van der Waals surface area contributed by atoms with Gasteiger partial charge in [0.25, 0.3) is 0 Å². The first kappa shape index (κ1) is 23.1. The lowest BCUT2D eigenvalue weighted by Gasteiger charge is -2.64. The van der Waals surface area contributed by atoms with E-state index in [2.05, 4.69) is 33.5 Å². The molecule has 0 spiro atoms. The van der Waals surface area contributed by atoms with E-state index in [1.807, 2.05) is 24.4 Å². The number of fused-ring (bicyclic) bond motifs is 3. The quantitative estimate of drug-likeness (QED) is 0.692. The minimum absolute atomic E-state index is 0.00413. The lowest BCUT2D eigenvalue weighted by molar-refractivity contribution is -0.274. The van der Waals surface area contributed by atoms with E-state index in [1.165, 1.54) is 12.8 Å². The summed E-state index contributed by atoms with van der Waals surface area (Å²) < 4.78 is 12.0. The Kier molecular flexibility index (Phi) is 5.76. The van der Waals surface area contributed by atoms with Crippen molar-refractivity contribution in [1.29, 1.82) is 0 Å². The van der Waals surface area contributed by atoms with Gasteiger partial charge in [-0.05, 0) is 82.3 Å². The Morgan fingerprint density at radius 3 is 2.82 bits per heavy atom. The molecular weight excluding hydrogens is 432 g/mol. The molecule has 182 valence electrons. The molecule has 4 bridgehead atoms. The summed E-state index contributed by atoms with van der Waals surface area (Å²) in [7, 11) is 0. The molecule has 5 aliphatic rings. The Labute approximate surface area is 200 Å². The number of alkyl carbamates (subject to hydrolysis) is 1. The third kappa shape index (κ3) is 4.25. The van der Waals surface area contributed by atoms with Gasteiger partial charge in [-0.3, -0.25) is 14.7 Å². The molecule has 8 nitrogen and oxygen atoms in total. The molecule has 5 atom stereocenters. The predicted octanol–water partition coefficient (Wildman–Crippen LogP) is 4.01. The van der Waals surface area contributed by atoms with Crippen LogP contribution in [0.4, 0.5) is 10.5 Å². The molecule has 2 amide bonds. The lowest BCUT2D eigenvalue weighted by atomic mass is 9.66. The molecule has 6 heterocycles. The first-order valence-corrected chi connectivity index (χ1v) is 12.2. The number of piperidine rings is 3. The number of morpholine rings is 1. The number of hydrogen-bond donors (Lipinski definition) is 2. The molecule has 1 aromatic heterocycles. The molecule has 1 aromatic carbocycles. The normalized spacial score (nSPS) is 29.8. The van der Waals surface area contributed by atoms with E-state index in [9.17, 15) is 9.59 Å². The largest absolute Gasteiger partial charge is 0.444 e. The molecular formula is C26H34N4O4. The molecule has 7 rings (SSSR count). The van der Waals surface area contributed by atoms with Crippen LogP contribution in [0.1, 0.15) is 58.6 Å². The first-order valence-electron chi connectivity index (χ1n) is 12.2. The van der Waals surface area contributed by atoms with Crippen molar-refractivity contribution in [2.24, 2.45) is 5.92 Å². The smallest absolute Gasteiger partial charge is 0.408 e. The second-order valence-corrected chi connectivity index (χ2v) is 10.8. The number of benzene rings is 1. The maximum Gasteiger partial charge on any atom is 0.408 e. The summed E-state index contributed by atoms with van der Waals surface area (Å²) in [5, 5.41) is 6.35. The average molecular weight is 467 g/mol. The predicted molar refractivity (Wildman–Crippen MR) is 130 cm³/mol. The van der Waals surface area contributed by atoms with Crippen LogP contribution in [-0.2, 0) is 14.3 Å². The Bertz CT molecular complexity index is 1110. The van der Waals surface area contributed by atoms with Gasteiger partial charge in [-0.15, -0.1) is 0 Å². The second-order valence-electron chi connectivity index (χ2n) is 10.8. The van der Waals surface area contributed by atoms with Gasteiger partial charge >= 0.3 is 6.09 Å². The van der Waals surface area contributed by atoms with Gasteiger partial charge in [-0.1, -0.05) is 6.92 Å². The van der Waals surface area contributed by atoms with Crippen LogP contribution in [0.3, 0.4) is 0 Å². The zero-order valence-electron chi connectivity index (χ0n) is 20.4. The summed E-state index contributed by atoms with van der Waals surface area (Å²) in [5.41, 5.74) is 1.98. The van der Waals surface area contributed by atoms with Crippen molar-refractivity contribution in [2.75, 3.05) is 25.0 Å². The van der Waals surface area contributed by atoms with Crippen LogP contribution < -0.4 is 10.6 Å². The van der Waals surface area contributed by atoms with Crippen molar-refractivity contribution in [3.63, 3.8) is 0 Å². The Hall–Kier alpha value is -2.71. The van der Waals surface area contributed by atoms with Crippen molar-refractivity contribution in [1.82, 2.24) is 15.2 Å². The molecule has 5 aliphatic heterocycles. The highest BCUT2D eigenvalue weighted by atomic mass is 16.6. The van der Waals surface area contributed by atoms with Gasteiger partial charge in [0, 0.05) is 29.9 Å². The molecule has 0 radical (unpaired) electrons. The number of anilines is 1. The van der Waals surface area contributed by atoms with Gasteiger partial charge in [0.15, 0.2) is 0 Å². The van der Waals surface area contributed by atoms with Crippen LogP contribution in [0.5, 0.6) is 0 Å². The van der Waals surface area contributed by atoms with E-state index >= 15 is 0 Å². The highest BCUT2D eigenvalue weighted by molar-refractivity contribution is 5.96. The standard InChI is InChI=1S/C26H34N4O4/c1-5-26-15-30-11-9-16(26)12-21(30)23(33-26)18-8-10-27-20-7-6-17(13-19(18)20)29-22(31)14-28-24(32)34-25(2,3)4/h6-8,10,13,16,21,23H,5,9,11-12,14-15H2,1-4H3,(H,28,32)(H,29,31)/t16-,21+,23-,26-/m0/s1. The monoisotopic (exact) mass is 466 g/mol. The summed E-state index contributed by atoms with van der Waals surface area (Å²) in [4.78, 5) is 31.4. The van der Waals surface area contributed by atoms with E-state index in [0.29, 0.717) is 17.6 Å². The highest BCUT2D eigenvalue weighted by Crippen LogP contribution is 2.54. The van der Waals surface area contributed by atoms with Crippen molar-refractivity contribution < 1.29 is 19.1 Å². The lowest BCUT2D eigenvalue weighted by Crippen LogP contribution is -2.70. The molecule has 0 aliphatic carbocycles. The van der Waals surface area contributed by atoms with E-state index < -0.39 is 11.7 Å². The van der Waals surface area contributed by atoms with Crippen LogP contribution >= 0.6 is 0 Å². The van der Waals surface area contributed by atoms with Crippen molar-refractivity contribution in [3.8, 4) is 0 Å².